The van der Waals surface area contributed by atoms with Gasteiger partial charge in [0.2, 0.25) is 0 Å². The van der Waals surface area contributed by atoms with Crippen molar-refractivity contribution in [2.24, 2.45) is 11.8 Å². The lowest BCUT2D eigenvalue weighted by molar-refractivity contribution is -0.148. The number of hydrogen-bond acceptors (Lipinski definition) is 3. The smallest absolute Gasteiger partial charge is 0.310 e. The summed E-state index contributed by atoms with van der Waals surface area (Å²) in [7, 11) is 1.47. The number of methoxy groups -OCH3 is 1. The highest BCUT2D eigenvalue weighted by Gasteiger charge is 2.31. The molecule has 0 saturated carbocycles. The van der Waals surface area contributed by atoms with E-state index in [2.05, 4.69) is 17.4 Å². The van der Waals surface area contributed by atoms with Crippen molar-refractivity contribution in [1.82, 2.24) is 5.32 Å². The lowest BCUT2D eigenvalue weighted by atomic mass is 9.82. The van der Waals surface area contributed by atoms with E-state index >= 15 is 0 Å². The number of carbonyl (C=O) groups excluding carboxylic acids is 1. The zero-order valence-corrected chi connectivity index (χ0v) is 10.2. The number of esters is 1. The summed E-state index contributed by atoms with van der Waals surface area (Å²) in [6, 6.07) is 10.4. The molecule has 1 aromatic carbocycles. The van der Waals surface area contributed by atoms with Crippen LogP contribution in [-0.2, 0) is 16.0 Å². The summed E-state index contributed by atoms with van der Waals surface area (Å²) in [5.74, 6) is 0.304. The van der Waals surface area contributed by atoms with Gasteiger partial charge < -0.3 is 10.1 Å². The maximum atomic E-state index is 11.7. The van der Waals surface area contributed by atoms with Crippen molar-refractivity contribution in [3.8, 4) is 0 Å². The van der Waals surface area contributed by atoms with Gasteiger partial charge in [-0.05, 0) is 30.9 Å². The Balaban J connectivity index is 2.04. The number of benzene rings is 1. The van der Waals surface area contributed by atoms with Crippen LogP contribution in [0, 0.1) is 11.8 Å². The molecule has 3 nitrogen and oxygen atoms in total. The molecule has 0 unspecified atom stereocenters. The topological polar surface area (TPSA) is 38.3 Å². The van der Waals surface area contributed by atoms with E-state index in [4.69, 9.17) is 4.74 Å². The predicted molar refractivity (Wildman–Crippen MR) is 66.6 cm³/mol. The predicted octanol–water partition coefficient (Wildman–Crippen LogP) is 1.63. The van der Waals surface area contributed by atoms with Crippen LogP contribution >= 0.6 is 0 Å². The van der Waals surface area contributed by atoms with Crippen molar-refractivity contribution >= 4 is 5.97 Å². The molecule has 0 radical (unpaired) electrons. The zero-order chi connectivity index (χ0) is 12.1. The van der Waals surface area contributed by atoms with Gasteiger partial charge in [-0.2, -0.15) is 0 Å². The van der Waals surface area contributed by atoms with E-state index in [-0.39, 0.29) is 11.9 Å². The molecule has 1 heterocycles. The Hall–Kier alpha value is -1.35. The van der Waals surface area contributed by atoms with Crippen LogP contribution in [0.5, 0.6) is 0 Å². The highest BCUT2D eigenvalue weighted by molar-refractivity contribution is 5.73. The Morgan fingerprint density at radius 3 is 2.88 bits per heavy atom. The van der Waals surface area contributed by atoms with E-state index in [0.29, 0.717) is 5.92 Å². The number of ether oxygens (including phenoxy) is 1. The van der Waals surface area contributed by atoms with Crippen molar-refractivity contribution in [3.05, 3.63) is 35.9 Å². The number of nitrogens with one attached hydrogen (secondary N) is 1. The molecule has 2 rings (SSSR count). The van der Waals surface area contributed by atoms with Gasteiger partial charge in [-0.15, -0.1) is 0 Å². The molecule has 92 valence electrons. The lowest BCUT2D eigenvalue weighted by Crippen LogP contribution is -2.42. The van der Waals surface area contributed by atoms with E-state index in [9.17, 15) is 4.79 Å². The third-order valence-corrected chi connectivity index (χ3v) is 3.47. The highest BCUT2D eigenvalue weighted by atomic mass is 16.5. The summed E-state index contributed by atoms with van der Waals surface area (Å²) >= 11 is 0. The number of hydrogen-bond donors (Lipinski definition) is 1. The highest BCUT2D eigenvalue weighted by Crippen LogP contribution is 2.24. The second-order valence-corrected chi connectivity index (χ2v) is 4.57. The van der Waals surface area contributed by atoms with Gasteiger partial charge in [-0.25, -0.2) is 0 Å². The first-order valence-electron chi connectivity index (χ1n) is 6.13. The maximum Gasteiger partial charge on any atom is 0.310 e. The molecule has 0 aromatic heterocycles. The molecule has 0 amide bonds. The molecule has 1 fully saturated rings. The summed E-state index contributed by atoms with van der Waals surface area (Å²) < 4.78 is 4.88. The first kappa shape index (κ1) is 12.1. The molecule has 1 aliphatic rings. The fraction of sp³-hybridized carbons (Fsp3) is 0.500. The fourth-order valence-electron chi connectivity index (χ4n) is 2.50. The molecule has 1 aromatic rings. The van der Waals surface area contributed by atoms with Crippen molar-refractivity contribution in [2.45, 2.75) is 12.8 Å². The van der Waals surface area contributed by atoms with Crippen molar-refractivity contribution in [1.29, 1.82) is 0 Å². The Kier molecular flexibility index (Phi) is 4.15. The molecule has 1 aliphatic heterocycles. The van der Waals surface area contributed by atoms with Gasteiger partial charge in [0.15, 0.2) is 0 Å². The molecule has 0 bridgehead atoms. The second kappa shape index (κ2) is 5.82. The van der Waals surface area contributed by atoms with Gasteiger partial charge >= 0.3 is 5.97 Å². The van der Waals surface area contributed by atoms with Gasteiger partial charge in [0, 0.05) is 6.54 Å². The maximum absolute atomic E-state index is 11.7. The summed E-state index contributed by atoms with van der Waals surface area (Å²) in [4.78, 5) is 11.7. The Morgan fingerprint density at radius 2 is 2.18 bits per heavy atom. The molecule has 3 heteroatoms. The quantitative estimate of drug-likeness (QED) is 0.806. The van der Waals surface area contributed by atoms with E-state index in [1.807, 2.05) is 18.2 Å². The SMILES string of the molecule is COC(=O)[C@@H]1CNCC[C@@H]1Cc1ccccc1. The van der Waals surface area contributed by atoms with E-state index < -0.39 is 0 Å². The Bertz CT molecular complexity index is 364. The molecule has 17 heavy (non-hydrogen) atoms. The standard InChI is InChI=1S/C14H19NO2/c1-17-14(16)13-10-15-8-7-12(13)9-11-5-3-2-4-6-11/h2-6,12-13,15H,7-10H2,1H3/t12-,13-/m1/s1. The molecular formula is C14H19NO2. The van der Waals surface area contributed by atoms with E-state index in [0.717, 1.165) is 25.9 Å². The van der Waals surface area contributed by atoms with Crippen molar-refractivity contribution in [2.75, 3.05) is 20.2 Å². The van der Waals surface area contributed by atoms with E-state index in [1.54, 1.807) is 0 Å². The molecule has 1 saturated heterocycles. The second-order valence-electron chi connectivity index (χ2n) is 4.57. The average molecular weight is 233 g/mol. The lowest BCUT2D eigenvalue weighted by Gasteiger charge is -2.30. The first-order valence-corrected chi connectivity index (χ1v) is 6.13. The molecular weight excluding hydrogens is 214 g/mol. The minimum Gasteiger partial charge on any atom is -0.469 e. The average Bonchev–Trinajstić information content (AvgIpc) is 2.40. The third-order valence-electron chi connectivity index (χ3n) is 3.47. The first-order chi connectivity index (χ1) is 8.31. The molecule has 2 atom stereocenters. The van der Waals surface area contributed by atoms with E-state index in [1.165, 1.54) is 12.7 Å². The van der Waals surface area contributed by atoms with Gasteiger partial charge in [0.1, 0.15) is 0 Å². The van der Waals surface area contributed by atoms with Crippen LogP contribution in [0.3, 0.4) is 0 Å². The third kappa shape index (κ3) is 3.07. The summed E-state index contributed by atoms with van der Waals surface area (Å²) in [6.45, 7) is 1.73. The molecule has 0 aliphatic carbocycles. The van der Waals surface area contributed by atoms with Crippen LogP contribution in [0.4, 0.5) is 0 Å². The summed E-state index contributed by atoms with van der Waals surface area (Å²) in [5.41, 5.74) is 1.30. The van der Waals surface area contributed by atoms with Crippen molar-refractivity contribution in [3.63, 3.8) is 0 Å². The number of carbonyl (C=O) groups is 1. The van der Waals surface area contributed by atoms with Crippen LogP contribution in [-0.4, -0.2) is 26.2 Å². The Labute approximate surface area is 102 Å². The molecule has 1 N–H and O–H groups in total. The van der Waals surface area contributed by atoms with Gasteiger partial charge in [-0.1, -0.05) is 30.3 Å². The minimum atomic E-state index is -0.0851. The van der Waals surface area contributed by atoms with Crippen LogP contribution in [0.2, 0.25) is 0 Å². The fourth-order valence-corrected chi connectivity index (χ4v) is 2.50. The van der Waals surface area contributed by atoms with Crippen LogP contribution in [0.15, 0.2) is 30.3 Å². The zero-order valence-electron chi connectivity index (χ0n) is 10.2. The van der Waals surface area contributed by atoms with Gasteiger partial charge in [0.05, 0.1) is 13.0 Å². The Morgan fingerprint density at radius 1 is 1.41 bits per heavy atom. The minimum absolute atomic E-state index is 0.00560. The van der Waals surface area contributed by atoms with Crippen LogP contribution < -0.4 is 5.32 Å². The normalized spacial score (nSPS) is 24.3. The number of piperidine rings is 1. The van der Waals surface area contributed by atoms with Crippen LogP contribution in [0.1, 0.15) is 12.0 Å². The summed E-state index contributed by atoms with van der Waals surface area (Å²) in [6.07, 6.45) is 2.00. The largest absolute Gasteiger partial charge is 0.469 e. The molecule has 0 spiro atoms. The van der Waals surface area contributed by atoms with Crippen molar-refractivity contribution < 1.29 is 9.53 Å². The van der Waals surface area contributed by atoms with Crippen LogP contribution in [0.25, 0.3) is 0 Å². The van der Waals surface area contributed by atoms with Gasteiger partial charge in [-0.3, -0.25) is 4.79 Å². The summed E-state index contributed by atoms with van der Waals surface area (Å²) in [5, 5.41) is 3.26. The van der Waals surface area contributed by atoms with Gasteiger partial charge in [0.25, 0.3) is 0 Å². The number of rotatable bonds is 3. The monoisotopic (exact) mass is 233 g/mol.